The van der Waals surface area contributed by atoms with Crippen LogP contribution in [-0.4, -0.2) is 24.7 Å². The van der Waals surface area contributed by atoms with Gasteiger partial charge < -0.3 is 10.6 Å². The van der Waals surface area contributed by atoms with Crippen LogP contribution < -0.4 is 10.6 Å². The molecule has 0 radical (unpaired) electrons. The third-order valence-corrected chi connectivity index (χ3v) is 5.02. The van der Waals surface area contributed by atoms with Crippen LogP contribution in [0.1, 0.15) is 57.8 Å². The molecule has 0 amide bonds. The van der Waals surface area contributed by atoms with Gasteiger partial charge in [0.05, 0.1) is 0 Å². The highest BCUT2D eigenvalue weighted by molar-refractivity contribution is 4.94. The fourth-order valence-corrected chi connectivity index (χ4v) is 4.06. The third-order valence-electron chi connectivity index (χ3n) is 5.02. The number of nitrogens with one attached hydrogen (secondary N) is 2. The fraction of sp³-hybridized carbons (Fsp3) is 1.00. The van der Waals surface area contributed by atoms with Crippen molar-refractivity contribution in [2.24, 2.45) is 5.92 Å². The maximum atomic E-state index is 3.96. The molecule has 2 heterocycles. The summed E-state index contributed by atoms with van der Waals surface area (Å²) in [6.07, 6.45) is 13.0. The first-order chi connectivity index (χ1) is 7.93. The van der Waals surface area contributed by atoms with E-state index < -0.39 is 0 Å². The van der Waals surface area contributed by atoms with Crippen molar-refractivity contribution < 1.29 is 0 Å². The van der Waals surface area contributed by atoms with Crippen molar-refractivity contribution in [1.29, 1.82) is 0 Å². The monoisotopic (exact) mass is 222 g/mol. The van der Waals surface area contributed by atoms with Gasteiger partial charge in [-0.1, -0.05) is 19.3 Å². The van der Waals surface area contributed by atoms with Gasteiger partial charge in [0.25, 0.3) is 0 Å². The molecular weight excluding hydrogens is 196 g/mol. The Labute approximate surface area is 99.6 Å². The second-order valence-electron chi connectivity index (χ2n) is 6.06. The average molecular weight is 222 g/mol. The van der Waals surface area contributed by atoms with Gasteiger partial charge in [-0.25, -0.2) is 0 Å². The van der Waals surface area contributed by atoms with Gasteiger partial charge in [0.1, 0.15) is 0 Å². The highest BCUT2D eigenvalue weighted by atomic mass is 15.1. The Hall–Kier alpha value is -0.0800. The second kappa shape index (κ2) is 5.05. The molecule has 0 aromatic carbocycles. The molecule has 4 atom stereocenters. The Morgan fingerprint density at radius 2 is 1.44 bits per heavy atom. The van der Waals surface area contributed by atoms with Crippen molar-refractivity contribution in [3.63, 3.8) is 0 Å². The van der Waals surface area contributed by atoms with Crippen LogP contribution in [0.2, 0.25) is 0 Å². The van der Waals surface area contributed by atoms with E-state index >= 15 is 0 Å². The standard InChI is InChI=1S/C14H26N2/c1-2-6-12-11(5-1)8-9-14(16-12)13-7-3-4-10-15-13/h11-16H,1-10H2. The molecule has 2 aliphatic heterocycles. The van der Waals surface area contributed by atoms with Gasteiger partial charge in [-0.15, -0.1) is 0 Å². The maximum Gasteiger partial charge on any atom is 0.0224 e. The summed E-state index contributed by atoms with van der Waals surface area (Å²) in [4.78, 5) is 0. The largest absolute Gasteiger partial charge is 0.312 e. The number of piperidine rings is 2. The normalized spacial score (nSPS) is 45.0. The minimum atomic E-state index is 0.775. The Balaban J connectivity index is 1.57. The molecule has 3 aliphatic rings. The van der Waals surface area contributed by atoms with Crippen LogP contribution in [0.15, 0.2) is 0 Å². The van der Waals surface area contributed by atoms with Gasteiger partial charge in [-0.3, -0.25) is 0 Å². The van der Waals surface area contributed by atoms with Gasteiger partial charge in [-0.05, 0) is 51.0 Å². The number of rotatable bonds is 1. The molecular formula is C14H26N2. The molecule has 2 heteroatoms. The van der Waals surface area contributed by atoms with E-state index in [1.54, 1.807) is 0 Å². The lowest BCUT2D eigenvalue weighted by Gasteiger charge is -2.44. The summed E-state index contributed by atoms with van der Waals surface area (Å²) >= 11 is 0. The van der Waals surface area contributed by atoms with E-state index in [9.17, 15) is 0 Å². The predicted molar refractivity (Wildman–Crippen MR) is 67.5 cm³/mol. The summed E-state index contributed by atoms with van der Waals surface area (Å²) in [5, 5.41) is 7.68. The van der Waals surface area contributed by atoms with E-state index in [0.29, 0.717) is 0 Å². The van der Waals surface area contributed by atoms with Crippen molar-refractivity contribution >= 4 is 0 Å². The van der Waals surface area contributed by atoms with Gasteiger partial charge in [0.2, 0.25) is 0 Å². The van der Waals surface area contributed by atoms with Gasteiger partial charge >= 0.3 is 0 Å². The summed E-state index contributed by atoms with van der Waals surface area (Å²) < 4.78 is 0. The maximum absolute atomic E-state index is 3.96. The molecule has 0 bridgehead atoms. The number of fused-ring (bicyclic) bond motifs is 1. The first-order valence-corrected chi connectivity index (χ1v) is 7.43. The SMILES string of the molecule is C1CCC(C2CCC3CCCCC3N2)NC1. The molecule has 3 fully saturated rings. The van der Waals surface area contributed by atoms with Gasteiger partial charge in [-0.2, -0.15) is 0 Å². The topological polar surface area (TPSA) is 24.1 Å². The summed E-state index contributed by atoms with van der Waals surface area (Å²) in [7, 11) is 0. The van der Waals surface area contributed by atoms with Gasteiger partial charge in [0, 0.05) is 18.1 Å². The molecule has 92 valence electrons. The molecule has 2 N–H and O–H groups in total. The predicted octanol–water partition coefficient (Wildman–Crippen LogP) is 2.44. The fourth-order valence-electron chi connectivity index (χ4n) is 4.06. The van der Waals surface area contributed by atoms with E-state index in [-0.39, 0.29) is 0 Å². The zero-order chi connectivity index (χ0) is 10.8. The van der Waals surface area contributed by atoms with Crippen molar-refractivity contribution in [2.75, 3.05) is 6.54 Å². The summed E-state index contributed by atoms with van der Waals surface area (Å²) in [5.41, 5.74) is 0. The Morgan fingerprint density at radius 3 is 2.31 bits per heavy atom. The van der Waals surface area contributed by atoms with Crippen molar-refractivity contribution in [3.05, 3.63) is 0 Å². The lowest BCUT2D eigenvalue weighted by Crippen LogP contribution is -2.57. The third kappa shape index (κ3) is 2.28. The lowest BCUT2D eigenvalue weighted by molar-refractivity contribution is 0.147. The minimum absolute atomic E-state index is 0.775. The molecule has 0 aromatic rings. The summed E-state index contributed by atoms with van der Waals surface area (Å²) in [6, 6.07) is 2.41. The highest BCUT2D eigenvalue weighted by Gasteiger charge is 2.34. The highest BCUT2D eigenvalue weighted by Crippen LogP contribution is 2.33. The van der Waals surface area contributed by atoms with Crippen molar-refractivity contribution in [2.45, 2.75) is 75.9 Å². The van der Waals surface area contributed by atoms with Crippen LogP contribution in [0.4, 0.5) is 0 Å². The Kier molecular flexibility index (Phi) is 3.49. The summed E-state index contributed by atoms with van der Waals surface area (Å²) in [5.74, 6) is 1.01. The van der Waals surface area contributed by atoms with E-state index in [0.717, 1.165) is 24.0 Å². The molecule has 2 saturated heterocycles. The van der Waals surface area contributed by atoms with E-state index in [2.05, 4.69) is 10.6 Å². The number of hydrogen-bond donors (Lipinski definition) is 2. The molecule has 2 nitrogen and oxygen atoms in total. The molecule has 0 spiro atoms. The van der Waals surface area contributed by atoms with E-state index in [1.165, 1.54) is 64.3 Å². The molecule has 0 aromatic heterocycles. The zero-order valence-corrected chi connectivity index (χ0v) is 10.4. The molecule has 1 saturated carbocycles. The minimum Gasteiger partial charge on any atom is -0.312 e. The van der Waals surface area contributed by atoms with Crippen LogP contribution in [0, 0.1) is 5.92 Å². The lowest BCUT2D eigenvalue weighted by atomic mass is 9.76. The smallest absolute Gasteiger partial charge is 0.0224 e. The van der Waals surface area contributed by atoms with E-state index in [4.69, 9.17) is 0 Å². The average Bonchev–Trinajstić information content (AvgIpc) is 2.39. The van der Waals surface area contributed by atoms with Gasteiger partial charge in [0.15, 0.2) is 0 Å². The zero-order valence-electron chi connectivity index (χ0n) is 10.4. The molecule has 16 heavy (non-hydrogen) atoms. The first kappa shape index (κ1) is 11.0. The van der Waals surface area contributed by atoms with Crippen molar-refractivity contribution in [3.8, 4) is 0 Å². The first-order valence-electron chi connectivity index (χ1n) is 7.43. The second-order valence-corrected chi connectivity index (χ2v) is 6.06. The molecule has 1 aliphatic carbocycles. The molecule has 4 unspecified atom stereocenters. The van der Waals surface area contributed by atoms with Crippen LogP contribution in [0.25, 0.3) is 0 Å². The molecule has 3 rings (SSSR count). The van der Waals surface area contributed by atoms with Crippen LogP contribution in [-0.2, 0) is 0 Å². The Morgan fingerprint density at radius 1 is 0.625 bits per heavy atom. The van der Waals surface area contributed by atoms with Crippen LogP contribution >= 0.6 is 0 Å². The van der Waals surface area contributed by atoms with Crippen LogP contribution in [0.3, 0.4) is 0 Å². The quantitative estimate of drug-likeness (QED) is 0.712. The van der Waals surface area contributed by atoms with Crippen molar-refractivity contribution in [1.82, 2.24) is 10.6 Å². The van der Waals surface area contributed by atoms with E-state index in [1.807, 2.05) is 0 Å². The Bertz CT molecular complexity index is 220. The summed E-state index contributed by atoms with van der Waals surface area (Å²) in [6.45, 7) is 1.25. The van der Waals surface area contributed by atoms with Crippen LogP contribution in [0.5, 0.6) is 0 Å². The number of hydrogen-bond acceptors (Lipinski definition) is 2.